The minimum Gasteiger partial charge on any atom is -0.352 e. The zero-order valence-corrected chi connectivity index (χ0v) is 9.57. The van der Waals surface area contributed by atoms with Crippen molar-refractivity contribution in [3.05, 3.63) is 30.1 Å². The molecule has 1 aliphatic carbocycles. The van der Waals surface area contributed by atoms with E-state index in [1.165, 1.54) is 12.8 Å². The van der Waals surface area contributed by atoms with Crippen LogP contribution in [0.2, 0.25) is 0 Å². The van der Waals surface area contributed by atoms with Gasteiger partial charge >= 0.3 is 0 Å². The molecule has 0 saturated heterocycles. The van der Waals surface area contributed by atoms with E-state index in [4.69, 9.17) is 0 Å². The molecule has 88 valence electrons. The fourth-order valence-corrected chi connectivity index (χ4v) is 1.98. The Kier molecular flexibility index (Phi) is 2.55. The van der Waals surface area contributed by atoms with Crippen molar-refractivity contribution >= 4 is 16.9 Å². The molecule has 1 aromatic carbocycles. The number of hydrogen-bond donors (Lipinski definition) is 2. The van der Waals surface area contributed by atoms with E-state index >= 15 is 0 Å². The lowest BCUT2D eigenvalue weighted by Crippen LogP contribution is -2.24. The Bertz CT molecular complexity index is 542. The number of H-pyrrole nitrogens is 1. The number of fused-ring (bicyclic) bond motifs is 1. The molecular weight excluding hydrogens is 214 g/mol. The molecule has 2 aromatic rings. The Balaban J connectivity index is 1.66. The van der Waals surface area contributed by atoms with Crippen LogP contribution in [-0.4, -0.2) is 22.4 Å². The van der Waals surface area contributed by atoms with Crippen LogP contribution in [0.15, 0.2) is 24.5 Å². The van der Waals surface area contributed by atoms with Crippen LogP contribution in [0.5, 0.6) is 0 Å². The van der Waals surface area contributed by atoms with Crippen molar-refractivity contribution in [1.82, 2.24) is 15.3 Å². The largest absolute Gasteiger partial charge is 0.352 e. The van der Waals surface area contributed by atoms with Crippen molar-refractivity contribution in [2.75, 3.05) is 6.54 Å². The summed E-state index contributed by atoms with van der Waals surface area (Å²) in [5, 5.41) is 2.95. The third kappa shape index (κ3) is 2.30. The van der Waals surface area contributed by atoms with Gasteiger partial charge in [0.25, 0.3) is 5.91 Å². The maximum atomic E-state index is 11.9. The van der Waals surface area contributed by atoms with Crippen molar-refractivity contribution in [3.63, 3.8) is 0 Å². The van der Waals surface area contributed by atoms with Crippen LogP contribution in [-0.2, 0) is 0 Å². The Morgan fingerprint density at radius 3 is 3.18 bits per heavy atom. The summed E-state index contributed by atoms with van der Waals surface area (Å²) in [6.45, 7) is 0.782. The minimum atomic E-state index is 0.00199. The van der Waals surface area contributed by atoms with E-state index in [1.807, 2.05) is 18.2 Å². The van der Waals surface area contributed by atoms with Crippen molar-refractivity contribution in [2.24, 2.45) is 5.92 Å². The van der Waals surface area contributed by atoms with Crippen LogP contribution >= 0.6 is 0 Å². The molecule has 0 unspecified atom stereocenters. The van der Waals surface area contributed by atoms with Crippen LogP contribution in [0.4, 0.5) is 0 Å². The predicted molar refractivity (Wildman–Crippen MR) is 65.8 cm³/mol. The van der Waals surface area contributed by atoms with Crippen LogP contribution in [0.25, 0.3) is 11.0 Å². The molecule has 0 bridgehead atoms. The summed E-state index contributed by atoms with van der Waals surface area (Å²) in [5.74, 6) is 0.854. The molecule has 17 heavy (non-hydrogen) atoms. The zero-order chi connectivity index (χ0) is 11.7. The maximum Gasteiger partial charge on any atom is 0.251 e. The number of hydrogen-bond acceptors (Lipinski definition) is 2. The van der Waals surface area contributed by atoms with E-state index in [0.29, 0.717) is 5.56 Å². The first-order valence-corrected chi connectivity index (χ1v) is 6.04. The number of aromatic nitrogens is 2. The average molecular weight is 229 g/mol. The summed E-state index contributed by atoms with van der Waals surface area (Å²) in [6.07, 6.45) is 5.41. The maximum absolute atomic E-state index is 11.9. The Labute approximate surface area is 99.4 Å². The van der Waals surface area contributed by atoms with Gasteiger partial charge in [-0.15, -0.1) is 0 Å². The molecule has 0 atom stereocenters. The molecule has 4 heteroatoms. The molecule has 4 nitrogen and oxygen atoms in total. The number of aromatic amines is 1. The number of carbonyl (C=O) groups is 1. The zero-order valence-electron chi connectivity index (χ0n) is 9.57. The van der Waals surface area contributed by atoms with E-state index in [9.17, 15) is 4.79 Å². The fourth-order valence-electron chi connectivity index (χ4n) is 1.98. The van der Waals surface area contributed by atoms with E-state index in [0.717, 1.165) is 29.9 Å². The highest BCUT2D eigenvalue weighted by Gasteiger charge is 2.20. The van der Waals surface area contributed by atoms with Gasteiger partial charge in [-0.2, -0.15) is 0 Å². The van der Waals surface area contributed by atoms with Crippen molar-refractivity contribution < 1.29 is 4.79 Å². The number of amides is 1. The van der Waals surface area contributed by atoms with E-state index in [1.54, 1.807) is 6.33 Å². The summed E-state index contributed by atoms with van der Waals surface area (Å²) < 4.78 is 0. The molecule has 0 aliphatic heterocycles. The lowest BCUT2D eigenvalue weighted by molar-refractivity contribution is 0.0953. The molecule has 2 N–H and O–H groups in total. The summed E-state index contributed by atoms with van der Waals surface area (Å²) in [7, 11) is 0. The summed E-state index contributed by atoms with van der Waals surface area (Å²) >= 11 is 0. The second-order valence-electron chi connectivity index (χ2n) is 4.62. The molecule has 0 radical (unpaired) electrons. The van der Waals surface area contributed by atoms with E-state index in [2.05, 4.69) is 15.3 Å². The molecule has 1 fully saturated rings. The summed E-state index contributed by atoms with van der Waals surface area (Å²) in [5.41, 5.74) is 2.48. The molecule has 1 heterocycles. The topological polar surface area (TPSA) is 57.8 Å². The Hall–Kier alpha value is -1.84. The lowest BCUT2D eigenvalue weighted by Gasteiger charge is -2.04. The standard InChI is InChI=1S/C13H15N3O/c17-13(14-6-5-9-1-2-9)10-3-4-11-12(7-10)16-8-15-11/h3-4,7-9H,1-2,5-6H2,(H,14,17)(H,15,16). The highest BCUT2D eigenvalue weighted by atomic mass is 16.1. The SMILES string of the molecule is O=C(NCCC1CC1)c1ccc2nc[nH]c2c1. The first kappa shape index (κ1) is 10.3. The van der Waals surface area contributed by atoms with Gasteiger partial charge in [0.1, 0.15) is 0 Å². The van der Waals surface area contributed by atoms with Crippen molar-refractivity contribution in [3.8, 4) is 0 Å². The molecule has 1 saturated carbocycles. The number of nitrogens with zero attached hydrogens (tertiary/aromatic N) is 1. The summed E-state index contributed by atoms with van der Waals surface area (Å²) in [4.78, 5) is 19.0. The first-order valence-electron chi connectivity index (χ1n) is 6.04. The normalized spacial score (nSPS) is 15.1. The van der Waals surface area contributed by atoms with Gasteiger partial charge in [0.2, 0.25) is 0 Å². The van der Waals surface area contributed by atoms with Crippen molar-refractivity contribution in [1.29, 1.82) is 0 Å². The van der Waals surface area contributed by atoms with Gasteiger partial charge in [0.05, 0.1) is 17.4 Å². The molecule has 3 rings (SSSR count). The summed E-state index contributed by atoms with van der Waals surface area (Å²) in [6, 6.07) is 5.52. The molecular formula is C13H15N3O. The van der Waals surface area contributed by atoms with Gasteiger partial charge in [-0.3, -0.25) is 4.79 Å². The second kappa shape index (κ2) is 4.20. The van der Waals surface area contributed by atoms with Gasteiger partial charge in [0, 0.05) is 12.1 Å². The van der Waals surface area contributed by atoms with Gasteiger partial charge in [-0.05, 0) is 30.5 Å². The monoisotopic (exact) mass is 229 g/mol. The van der Waals surface area contributed by atoms with Gasteiger partial charge < -0.3 is 10.3 Å². The Morgan fingerprint density at radius 2 is 2.35 bits per heavy atom. The van der Waals surface area contributed by atoms with Gasteiger partial charge in [0.15, 0.2) is 0 Å². The van der Waals surface area contributed by atoms with Crippen LogP contribution in [0.3, 0.4) is 0 Å². The smallest absolute Gasteiger partial charge is 0.251 e. The van der Waals surface area contributed by atoms with Gasteiger partial charge in [-0.25, -0.2) is 4.98 Å². The minimum absolute atomic E-state index is 0.00199. The highest BCUT2D eigenvalue weighted by Crippen LogP contribution is 2.31. The molecule has 0 spiro atoms. The third-order valence-electron chi connectivity index (χ3n) is 3.22. The van der Waals surface area contributed by atoms with Gasteiger partial charge in [-0.1, -0.05) is 12.8 Å². The number of rotatable bonds is 4. The number of nitrogens with one attached hydrogen (secondary N) is 2. The lowest BCUT2D eigenvalue weighted by atomic mass is 10.2. The quantitative estimate of drug-likeness (QED) is 0.843. The van der Waals surface area contributed by atoms with Crippen LogP contribution < -0.4 is 5.32 Å². The predicted octanol–water partition coefficient (Wildman–Crippen LogP) is 2.09. The average Bonchev–Trinajstić information content (AvgIpc) is 3.04. The number of imidazole rings is 1. The van der Waals surface area contributed by atoms with Crippen LogP contribution in [0, 0.1) is 5.92 Å². The number of carbonyl (C=O) groups excluding carboxylic acids is 1. The highest BCUT2D eigenvalue weighted by molar-refractivity contribution is 5.97. The number of benzene rings is 1. The molecule has 1 aromatic heterocycles. The molecule has 1 amide bonds. The Morgan fingerprint density at radius 1 is 1.47 bits per heavy atom. The van der Waals surface area contributed by atoms with E-state index in [-0.39, 0.29) is 5.91 Å². The fraction of sp³-hybridized carbons (Fsp3) is 0.385. The van der Waals surface area contributed by atoms with Crippen molar-refractivity contribution in [2.45, 2.75) is 19.3 Å². The van der Waals surface area contributed by atoms with E-state index < -0.39 is 0 Å². The van der Waals surface area contributed by atoms with Crippen LogP contribution in [0.1, 0.15) is 29.6 Å². The second-order valence-corrected chi connectivity index (χ2v) is 4.62. The first-order chi connectivity index (χ1) is 8.33. The third-order valence-corrected chi connectivity index (χ3v) is 3.22. The molecule has 1 aliphatic rings.